The maximum atomic E-state index is 9.61. The third kappa shape index (κ3) is 6.55. The number of nitro groups is 1. The summed E-state index contributed by atoms with van der Waals surface area (Å²) < 4.78 is 0. The minimum atomic E-state index is -0.639. The Kier molecular flexibility index (Phi) is 4.86. The smallest absolute Gasteiger partial charge is 0.295 e. The van der Waals surface area contributed by atoms with Gasteiger partial charge in [-0.25, -0.2) is 4.99 Å². The van der Waals surface area contributed by atoms with E-state index in [4.69, 9.17) is 5.73 Å². The minimum absolute atomic E-state index is 0.365. The van der Waals surface area contributed by atoms with Crippen LogP contribution in [0.2, 0.25) is 0 Å². The maximum Gasteiger partial charge on any atom is 0.295 e. The Morgan fingerprint density at radius 3 is 3.00 bits per heavy atom. The Balaban J connectivity index is 3.75. The van der Waals surface area contributed by atoms with Gasteiger partial charge < -0.3 is 5.73 Å². The zero-order chi connectivity index (χ0) is 7.82. The van der Waals surface area contributed by atoms with Gasteiger partial charge in [0.2, 0.25) is 0 Å². The van der Waals surface area contributed by atoms with E-state index in [1.807, 2.05) is 0 Å². The highest BCUT2D eigenvalue weighted by Crippen LogP contribution is 1.68. The number of rotatable bonds is 3. The van der Waals surface area contributed by atoms with E-state index in [1.165, 1.54) is 6.20 Å². The van der Waals surface area contributed by atoms with Gasteiger partial charge in [-0.05, 0) is 0 Å². The Bertz CT molecular complexity index is 191. The standard InChI is InChI=1S/C5H7N3O2/c6-2-1-3-7-4-5-8(9)10/h1,3,5H,2,6H2. The fourth-order valence-corrected chi connectivity index (χ4v) is 0.237. The Morgan fingerprint density at radius 1 is 1.80 bits per heavy atom. The van der Waals surface area contributed by atoms with Gasteiger partial charge in [0.15, 0.2) is 0 Å². The quantitative estimate of drug-likeness (QED) is 0.339. The van der Waals surface area contributed by atoms with Crippen LogP contribution in [0, 0.1) is 10.1 Å². The highest BCUT2D eigenvalue weighted by molar-refractivity contribution is 5.50. The van der Waals surface area contributed by atoms with Gasteiger partial charge in [0.1, 0.15) is 0 Å². The van der Waals surface area contributed by atoms with Crippen LogP contribution in [0.3, 0.4) is 0 Å². The molecule has 0 aromatic carbocycles. The van der Waals surface area contributed by atoms with Gasteiger partial charge in [-0.15, -0.1) is 0 Å². The van der Waals surface area contributed by atoms with Crippen molar-refractivity contribution in [3.05, 3.63) is 28.6 Å². The van der Waals surface area contributed by atoms with Gasteiger partial charge >= 0.3 is 0 Å². The van der Waals surface area contributed by atoms with Crippen molar-refractivity contribution in [3.63, 3.8) is 0 Å². The molecule has 0 aliphatic carbocycles. The second-order valence-electron chi connectivity index (χ2n) is 1.29. The molecule has 0 aromatic heterocycles. The van der Waals surface area contributed by atoms with E-state index in [-0.39, 0.29) is 0 Å². The van der Waals surface area contributed by atoms with Gasteiger partial charge in [-0.3, -0.25) is 10.1 Å². The van der Waals surface area contributed by atoms with E-state index < -0.39 is 4.92 Å². The lowest BCUT2D eigenvalue weighted by Crippen LogP contribution is -1.91. The molecule has 0 bridgehead atoms. The van der Waals surface area contributed by atoms with Crippen molar-refractivity contribution in [3.8, 4) is 0 Å². The molecule has 10 heavy (non-hydrogen) atoms. The summed E-state index contributed by atoms with van der Waals surface area (Å²) in [7, 11) is 0. The second-order valence-corrected chi connectivity index (χ2v) is 1.29. The predicted octanol–water partition coefficient (Wildman–Crippen LogP) is -0.0811. The van der Waals surface area contributed by atoms with Gasteiger partial charge in [0.05, 0.1) is 10.8 Å². The molecule has 0 saturated heterocycles. The average Bonchev–Trinajstić information content (AvgIpc) is 1.87. The first-order valence-corrected chi connectivity index (χ1v) is 2.54. The minimum Gasteiger partial charge on any atom is -0.327 e. The molecule has 0 spiro atoms. The molecule has 0 saturated carbocycles. The normalized spacial score (nSPS) is 8.90. The summed E-state index contributed by atoms with van der Waals surface area (Å²) >= 11 is 0. The first-order valence-electron chi connectivity index (χ1n) is 2.54. The molecule has 0 aliphatic rings. The SMILES string of the molecule is NCC=CN=C=C[N+](=O)[O-]. The third-order valence-corrected chi connectivity index (χ3v) is 0.554. The van der Waals surface area contributed by atoms with E-state index in [0.717, 1.165) is 0 Å². The molecule has 0 atom stereocenters. The highest BCUT2D eigenvalue weighted by atomic mass is 16.6. The molecule has 0 aliphatic heterocycles. The molecular weight excluding hydrogens is 134 g/mol. The zero-order valence-corrected chi connectivity index (χ0v) is 5.23. The molecule has 0 heterocycles. The first-order chi connectivity index (χ1) is 4.77. The first kappa shape index (κ1) is 8.55. The van der Waals surface area contributed by atoms with Crippen molar-refractivity contribution in [2.24, 2.45) is 10.7 Å². The van der Waals surface area contributed by atoms with Crippen LogP contribution in [0.15, 0.2) is 23.5 Å². The summed E-state index contributed by atoms with van der Waals surface area (Å²) in [6, 6.07) is 0. The third-order valence-electron chi connectivity index (χ3n) is 0.554. The molecule has 5 nitrogen and oxygen atoms in total. The summed E-state index contributed by atoms with van der Waals surface area (Å²) in [5.74, 6) is 2.08. The maximum absolute atomic E-state index is 9.61. The summed E-state index contributed by atoms with van der Waals surface area (Å²) in [6.07, 6.45) is 3.53. The van der Waals surface area contributed by atoms with E-state index in [9.17, 15) is 10.1 Å². The van der Waals surface area contributed by atoms with Crippen LogP contribution in [0.1, 0.15) is 0 Å². The van der Waals surface area contributed by atoms with Gasteiger partial charge in [0, 0.05) is 12.7 Å². The van der Waals surface area contributed by atoms with Crippen LogP contribution < -0.4 is 5.73 Å². The number of aliphatic imine (C=N–C) groups is 1. The van der Waals surface area contributed by atoms with Crippen LogP contribution in [0.5, 0.6) is 0 Å². The number of nitrogens with zero attached hydrogens (tertiary/aromatic N) is 2. The molecular formula is C5H7N3O2. The van der Waals surface area contributed by atoms with E-state index in [1.54, 1.807) is 6.08 Å². The van der Waals surface area contributed by atoms with Gasteiger partial charge in [0.25, 0.3) is 6.20 Å². The molecule has 54 valence electrons. The number of nitrogens with two attached hydrogens (primary N) is 1. The van der Waals surface area contributed by atoms with Crippen LogP contribution in [0.25, 0.3) is 0 Å². The lowest BCUT2D eigenvalue weighted by molar-refractivity contribution is -0.399. The molecule has 5 heteroatoms. The zero-order valence-electron chi connectivity index (χ0n) is 5.23. The highest BCUT2D eigenvalue weighted by Gasteiger charge is 1.76. The van der Waals surface area contributed by atoms with Crippen molar-refractivity contribution in [2.75, 3.05) is 6.54 Å². The Labute approximate surface area is 57.7 Å². The summed E-state index contributed by atoms with van der Waals surface area (Å²) in [5, 5.41) is 9.61. The van der Waals surface area contributed by atoms with Crippen LogP contribution in [0.4, 0.5) is 0 Å². The molecule has 2 N–H and O–H groups in total. The fraction of sp³-hybridized carbons (Fsp3) is 0.200. The Morgan fingerprint density at radius 2 is 2.50 bits per heavy atom. The lowest BCUT2D eigenvalue weighted by Gasteiger charge is -1.71. The number of hydrogen-bond acceptors (Lipinski definition) is 4. The van der Waals surface area contributed by atoms with Crippen molar-refractivity contribution in [1.29, 1.82) is 0 Å². The van der Waals surface area contributed by atoms with E-state index in [2.05, 4.69) is 10.9 Å². The van der Waals surface area contributed by atoms with Crippen LogP contribution >= 0.6 is 0 Å². The molecule has 0 radical (unpaired) electrons. The van der Waals surface area contributed by atoms with Crippen molar-refractivity contribution >= 4 is 5.87 Å². The van der Waals surface area contributed by atoms with Crippen LogP contribution in [-0.4, -0.2) is 17.3 Å². The van der Waals surface area contributed by atoms with Crippen LogP contribution in [-0.2, 0) is 0 Å². The predicted molar refractivity (Wildman–Crippen MR) is 37.2 cm³/mol. The van der Waals surface area contributed by atoms with E-state index in [0.29, 0.717) is 12.7 Å². The summed E-state index contributed by atoms with van der Waals surface area (Å²) in [5.41, 5.74) is 5.05. The molecule has 0 unspecified atom stereocenters. The molecule has 0 fully saturated rings. The fourth-order valence-electron chi connectivity index (χ4n) is 0.237. The van der Waals surface area contributed by atoms with Crippen molar-refractivity contribution in [1.82, 2.24) is 0 Å². The lowest BCUT2D eigenvalue weighted by atomic mass is 10.6. The molecule has 0 amide bonds. The average molecular weight is 141 g/mol. The topological polar surface area (TPSA) is 81.5 Å². The second kappa shape index (κ2) is 5.68. The van der Waals surface area contributed by atoms with Crippen molar-refractivity contribution in [2.45, 2.75) is 0 Å². The summed E-state index contributed by atoms with van der Waals surface area (Å²) in [6.45, 7) is 0.365. The Hall–Kier alpha value is -1.45. The van der Waals surface area contributed by atoms with Crippen molar-refractivity contribution < 1.29 is 4.92 Å². The van der Waals surface area contributed by atoms with E-state index >= 15 is 0 Å². The summed E-state index contributed by atoms with van der Waals surface area (Å²) in [4.78, 5) is 12.4. The van der Waals surface area contributed by atoms with Gasteiger partial charge in [-0.1, -0.05) is 6.08 Å². The monoisotopic (exact) mass is 141 g/mol. The van der Waals surface area contributed by atoms with Gasteiger partial charge in [-0.2, -0.15) is 0 Å². The number of hydrogen-bond donors (Lipinski definition) is 1. The molecule has 0 rings (SSSR count). The molecule has 0 aromatic rings. The largest absolute Gasteiger partial charge is 0.327 e.